The molecule has 1 aromatic heterocycles. The van der Waals surface area contributed by atoms with Crippen LogP contribution in [0.4, 0.5) is 0 Å². The number of hydrogen-bond acceptors (Lipinski definition) is 3. The van der Waals surface area contributed by atoms with E-state index in [0.29, 0.717) is 20.3 Å². The van der Waals surface area contributed by atoms with Gasteiger partial charge in [-0.15, -0.1) is 0 Å². The maximum atomic E-state index is 12.2. The molecule has 5 heteroatoms. The number of nitrogens with one attached hydrogen (secondary N) is 1. The molecule has 0 spiro atoms. The third-order valence-corrected chi connectivity index (χ3v) is 6.21. The number of hydrogen-bond donors (Lipinski definition) is 2. The SMILES string of the molecule is CCCC(O)CC.CCc1c(-c2ccc(C)cc2)[nH]c(=O)c2c1PCC2=O. The van der Waals surface area contributed by atoms with Crippen LogP contribution >= 0.6 is 8.58 Å². The standard InChI is InChI=1S/C16H16NO2P.C6H14O/c1-3-11-14(10-6-4-9(2)5-7-10)17-16(19)13-12(18)8-20-15(11)13;1-3-5-6(7)4-2/h4-7,20H,3,8H2,1-2H3,(H,17,19);6-7H,3-5H2,1-2H3. The number of aromatic amines is 1. The minimum absolute atomic E-state index is 0.00950. The molecule has 0 amide bonds. The van der Waals surface area contributed by atoms with E-state index < -0.39 is 0 Å². The van der Waals surface area contributed by atoms with Gasteiger partial charge in [-0.25, -0.2) is 0 Å². The average molecular weight is 387 g/mol. The van der Waals surface area contributed by atoms with Gasteiger partial charge in [0.25, 0.3) is 5.56 Å². The zero-order valence-corrected chi connectivity index (χ0v) is 17.7. The average Bonchev–Trinajstić information content (AvgIpc) is 3.05. The summed E-state index contributed by atoms with van der Waals surface area (Å²) in [5, 5.41) is 9.84. The topological polar surface area (TPSA) is 70.2 Å². The highest BCUT2D eigenvalue weighted by molar-refractivity contribution is 7.50. The lowest BCUT2D eigenvalue weighted by molar-refractivity contribution is 0.102. The summed E-state index contributed by atoms with van der Waals surface area (Å²) in [5.74, 6) is -0.00950. The normalized spacial score (nSPS) is 14.6. The van der Waals surface area contributed by atoms with Crippen molar-refractivity contribution in [3.8, 4) is 11.3 Å². The fourth-order valence-corrected chi connectivity index (χ4v) is 4.68. The number of ketones is 1. The molecule has 0 aliphatic carbocycles. The molecule has 1 aromatic carbocycles. The van der Waals surface area contributed by atoms with E-state index in [0.717, 1.165) is 47.8 Å². The molecule has 27 heavy (non-hydrogen) atoms. The van der Waals surface area contributed by atoms with Gasteiger partial charge in [-0.1, -0.05) is 65.6 Å². The molecule has 1 aliphatic heterocycles. The third-order valence-electron chi connectivity index (χ3n) is 4.81. The van der Waals surface area contributed by atoms with Gasteiger partial charge in [-0.05, 0) is 42.6 Å². The monoisotopic (exact) mass is 387 g/mol. The van der Waals surface area contributed by atoms with E-state index >= 15 is 0 Å². The van der Waals surface area contributed by atoms with Crippen LogP contribution in [-0.4, -0.2) is 28.1 Å². The molecule has 0 saturated heterocycles. The molecule has 2 heterocycles. The van der Waals surface area contributed by atoms with Crippen molar-refractivity contribution in [2.45, 2.75) is 59.5 Å². The minimum Gasteiger partial charge on any atom is -0.393 e. The van der Waals surface area contributed by atoms with Gasteiger partial charge in [-0.3, -0.25) is 9.59 Å². The summed E-state index contributed by atoms with van der Waals surface area (Å²) >= 11 is 0. The highest BCUT2D eigenvalue weighted by Gasteiger charge is 2.27. The number of aliphatic hydroxyl groups is 1. The quantitative estimate of drug-likeness (QED) is 0.763. The van der Waals surface area contributed by atoms with Crippen LogP contribution in [0.25, 0.3) is 11.3 Å². The fourth-order valence-electron chi connectivity index (χ4n) is 3.22. The molecule has 0 fully saturated rings. The molecule has 0 saturated carbocycles. The number of carbonyl (C=O) groups excluding carboxylic acids is 1. The molecule has 3 rings (SSSR count). The second-order valence-corrected chi connectivity index (χ2v) is 8.11. The summed E-state index contributed by atoms with van der Waals surface area (Å²) in [6.45, 7) is 8.19. The Bertz CT molecular complexity index is 840. The van der Waals surface area contributed by atoms with Crippen molar-refractivity contribution in [2.75, 3.05) is 6.16 Å². The summed E-state index contributed by atoms with van der Waals surface area (Å²) in [7, 11) is 0.431. The second kappa shape index (κ2) is 9.96. The highest BCUT2D eigenvalue weighted by atomic mass is 31.1. The van der Waals surface area contributed by atoms with Crippen molar-refractivity contribution >= 4 is 19.7 Å². The number of rotatable bonds is 5. The van der Waals surface area contributed by atoms with Crippen molar-refractivity contribution in [1.29, 1.82) is 0 Å². The van der Waals surface area contributed by atoms with Crippen LogP contribution in [0.1, 0.15) is 61.5 Å². The second-order valence-electron chi connectivity index (χ2n) is 6.90. The molecule has 4 nitrogen and oxygen atoms in total. The van der Waals surface area contributed by atoms with E-state index in [1.807, 2.05) is 38.1 Å². The van der Waals surface area contributed by atoms with E-state index in [2.05, 4.69) is 18.8 Å². The Morgan fingerprint density at radius 2 is 1.81 bits per heavy atom. The lowest BCUT2D eigenvalue weighted by atomic mass is 10.0. The summed E-state index contributed by atoms with van der Waals surface area (Å²) in [6.07, 6.45) is 4.20. The Morgan fingerprint density at radius 3 is 2.33 bits per heavy atom. The number of benzene rings is 1. The fraction of sp³-hybridized carbons (Fsp3) is 0.455. The molecule has 2 N–H and O–H groups in total. The van der Waals surface area contributed by atoms with Crippen molar-refractivity contribution in [3.05, 3.63) is 51.3 Å². The number of fused-ring (bicyclic) bond motifs is 1. The molecule has 0 bridgehead atoms. The number of Topliss-reactive ketones (excluding diaryl/α,β-unsaturated/α-hetero) is 1. The first-order chi connectivity index (χ1) is 12.9. The van der Waals surface area contributed by atoms with E-state index in [1.54, 1.807) is 0 Å². The van der Waals surface area contributed by atoms with Gasteiger partial charge in [0.15, 0.2) is 5.78 Å². The highest BCUT2D eigenvalue weighted by Crippen LogP contribution is 2.29. The number of aliphatic hydroxyl groups excluding tert-OH is 1. The predicted octanol–water partition coefficient (Wildman–Crippen LogP) is 3.97. The van der Waals surface area contributed by atoms with Crippen molar-refractivity contribution < 1.29 is 9.90 Å². The Balaban J connectivity index is 0.000000321. The van der Waals surface area contributed by atoms with Crippen LogP contribution in [-0.2, 0) is 6.42 Å². The van der Waals surface area contributed by atoms with Crippen LogP contribution in [0.2, 0.25) is 0 Å². The first-order valence-corrected chi connectivity index (χ1v) is 10.9. The number of H-pyrrole nitrogens is 1. The Morgan fingerprint density at radius 1 is 1.15 bits per heavy atom. The van der Waals surface area contributed by atoms with Gasteiger partial charge < -0.3 is 10.1 Å². The van der Waals surface area contributed by atoms with Crippen molar-refractivity contribution in [2.24, 2.45) is 0 Å². The zero-order valence-electron chi connectivity index (χ0n) is 16.7. The molecule has 2 aromatic rings. The third kappa shape index (κ3) is 5.15. The Labute approximate surface area is 163 Å². The maximum absolute atomic E-state index is 12.2. The lowest BCUT2D eigenvalue weighted by Gasteiger charge is -2.12. The van der Waals surface area contributed by atoms with Crippen molar-refractivity contribution in [1.82, 2.24) is 4.98 Å². The first kappa shape index (κ1) is 21.5. The van der Waals surface area contributed by atoms with E-state index in [9.17, 15) is 9.59 Å². The molecule has 146 valence electrons. The number of pyridine rings is 1. The molecule has 1 aliphatic rings. The maximum Gasteiger partial charge on any atom is 0.259 e. The lowest BCUT2D eigenvalue weighted by Crippen LogP contribution is -2.25. The summed E-state index contributed by atoms with van der Waals surface area (Å²) < 4.78 is 0. The Hall–Kier alpha value is -1.77. The summed E-state index contributed by atoms with van der Waals surface area (Å²) in [6, 6.07) is 8.11. The van der Waals surface area contributed by atoms with Crippen LogP contribution in [0, 0.1) is 6.92 Å². The van der Waals surface area contributed by atoms with Crippen LogP contribution in [0.5, 0.6) is 0 Å². The molecule has 0 radical (unpaired) electrons. The smallest absolute Gasteiger partial charge is 0.259 e. The molecule has 2 unspecified atom stereocenters. The zero-order chi connectivity index (χ0) is 20.0. The van der Waals surface area contributed by atoms with Gasteiger partial charge in [-0.2, -0.15) is 0 Å². The van der Waals surface area contributed by atoms with E-state index in [-0.39, 0.29) is 17.4 Å². The largest absolute Gasteiger partial charge is 0.393 e. The molecular weight excluding hydrogens is 357 g/mol. The van der Waals surface area contributed by atoms with Gasteiger partial charge in [0.2, 0.25) is 0 Å². The minimum atomic E-state index is -0.234. The van der Waals surface area contributed by atoms with Gasteiger partial charge >= 0.3 is 0 Å². The van der Waals surface area contributed by atoms with Crippen LogP contribution in [0.3, 0.4) is 0 Å². The van der Waals surface area contributed by atoms with E-state index in [4.69, 9.17) is 5.11 Å². The Kier molecular flexibility index (Phi) is 7.94. The van der Waals surface area contributed by atoms with Gasteiger partial charge in [0.1, 0.15) is 0 Å². The van der Waals surface area contributed by atoms with Crippen LogP contribution < -0.4 is 10.9 Å². The van der Waals surface area contributed by atoms with Crippen molar-refractivity contribution in [3.63, 3.8) is 0 Å². The first-order valence-electron chi connectivity index (χ1n) is 9.74. The predicted molar refractivity (Wildman–Crippen MR) is 115 cm³/mol. The number of aryl methyl sites for hydroxylation is 1. The van der Waals surface area contributed by atoms with E-state index in [1.165, 1.54) is 5.56 Å². The molecule has 2 atom stereocenters. The number of aromatic nitrogens is 1. The summed E-state index contributed by atoms with van der Waals surface area (Å²) in [4.78, 5) is 26.9. The summed E-state index contributed by atoms with van der Waals surface area (Å²) in [5.41, 5.74) is 4.36. The van der Waals surface area contributed by atoms with Gasteiger partial charge in [0, 0.05) is 6.16 Å². The molecular formula is C22H30NO3P. The van der Waals surface area contributed by atoms with Crippen LogP contribution in [0.15, 0.2) is 29.1 Å². The number of carbonyl (C=O) groups is 1. The van der Waals surface area contributed by atoms with Gasteiger partial charge in [0.05, 0.1) is 17.4 Å².